The van der Waals surface area contributed by atoms with E-state index < -0.39 is 5.41 Å². The highest BCUT2D eigenvalue weighted by Gasteiger charge is 2.41. The van der Waals surface area contributed by atoms with E-state index in [1.807, 2.05) is 0 Å². The summed E-state index contributed by atoms with van der Waals surface area (Å²) in [6.45, 7) is 0.910. The SMILES string of the molecule is N#CC1(c2cncnc2)COC1. The summed E-state index contributed by atoms with van der Waals surface area (Å²) in [5, 5.41) is 8.90. The van der Waals surface area contributed by atoms with Gasteiger partial charge in [0.2, 0.25) is 0 Å². The molecule has 4 heteroatoms. The summed E-state index contributed by atoms with van der Waals surface area (Å²) in [4.78, 5) is 7.73. The predicted octanol–water partition coefficient (Wildman–Crippen LogP) is 0.268. The third-order valence-electron chi connectivity index (χ3n) is 2.02. The lowest BCUT2D eigenvalue weighted by atomic mass is 9.82. The molecule has 1 aromatic heterocycles. The molecule has 0 radical (unpaired) electrons. The Balaban J connectivity index is 2.36. The Morgan fingerprint density at radius 2 is 2.08 bits per heavy atom. The van der Waals surface area contributed by atoms with Crippen molar-refractivity contribution in [3.05, 3.63) is 24.3 Å². The Morgan fingerprint density at radius 3 is 2.50 bits per heavy atom. The fourth-order valence-corrected chi connectivity index (χ4v) is 1.15. The predicted molar refractivity (Wildman–Crippen MR) is 40.1 cm³/mol. The van der Waals surface area contributed by atoms with Crippen molar-refractivity contribution >= 4 is 0 Å². The van der Waals surface area contributed by atoms with Crippen molar-refractivity contribution in [3.63, 3.8) is 0 Å². The molecule has 0 atom stereocenters. The van der Waals surface area contributed by atoms with Gasteiger partial charge in [0, 0.05) is 18.0 Å². The minimum absolute atomic E-state index is 0.455. The van der Waals surface area contributed by atoms with Crippen LogP contribution in [-0.4, -0.2) is 23.2 Å². The first-order valence-corrected chi connectivity index (χ1v) is 3.62. The van der Waals surface area contributed by atoms with Crippen LogP contribution >= 0.6 is 0 Å². The first-order chi connectivity index (χ1) is 5.87. The summed E-state index contributed by atoms with van der Waals surface area (Å²) in [5.74, 6) is 0. The fourth-order valence-electron chi connectivity index (χ4n) is 1.15. The summed E-state index contributed by atoms with van der Waals surface area (Å²) in [5.41, 5.74) is 0.361. The monoisotopic (exact) mass is 161 g/mol. The second kappa shape index (κ2) is 2.54. The summed E-state index contributed by atoms with van der Waals surface area (Å²) >= 11 is 0. The smallest absolute Gasteiger partial charge is 0.132 e. The van der Waals surface area contributed by atoms with Gasteiger partial charge in [0.15, 0.2) is 0 Å². The molecule has 1 aromatic rings. The molecule has 1 fully saturated rings. The Labute approximate surface area is 69.8 Å². The molecule has 2 rings (SSSR count). The minimum Gasteiger partial charge on any atom is -0.377 e. The van der Waals surface area contributed by atoms with Gasteiger partial charge in [-0.2, -0.15) is 5.26 Å². The Hall–Kier alpha value is -1.47. The normalized spacial score (nSPS) is 19.2. The van der Waals surface area contributed by atoms with Crippen LogP contribution in [0.4, 0.5) is 0 Å². The van der Waals surface area contributed by atoms with Crippen molar-refractivity contribution in [2.75, 3.05) is 13.2 Å². The van der Waals surface area contributed by atoms with Crippen LogP contribution in [-0.2, 0) is 10.2 Å². The van der Waals surface area contributed by atoms with Crippen LogP contribution in [0, 0.1) is 11.3 Å². The molecular formula is C8H7N3O. The average molecular weight is 161 g/mol. The Morgan fingerprint density at radius 1 is 1.42 bits per heavy atom. The van der Waals surface area contributed by atoms with Gasteiger partial charge < -0.3 is 4.74 Å². The van der Waals surface area contributed by atoms with Gasteiger partial charge in [-0.15, -0.1) is 0 Å². The van der Waals surface area contributed by atoms with E-state index in [2.05, 4.69) is 16.0 Å². The zero-order chi connectivity index (χ0) is 8.44. The van der Waals surface area contributed by atoms with Crippen LogP contribution in [0.3, 0.4) is 0 Å². The molecule has 0 amide bonds. The summed E-state index contributed by atoms with van der Waals surface area (Å²) in [7, 11) is 0. The van der Waals surface area contributed by atoms with Crippen LogP contribution in [0.2, 0.25) is 0 Å². The lowest BCUT2D eigenvalue weighted by molar-refractivity contribution is -0.0301. The molecule has 0 spiro atoms. The van der Waals surface area contributed by atoms with Crippen molar-refractivity contribution in [3.8, 4) is 6.07 Å². The van der Waals surface area contributed by atoms with E-state index in [1.165, 1.54) is 6.33 Å². The quantitative estimate of drug-likeness (QED) is 0.593. The van der Waals surface area contributed by atoms with E-state index in [9.17, 15) is 0 Å². The Bertz CT molecular complexity index is 313. The van der Waals surface area contributed by atoms with Crippen molar-refractivity contribution in [2.24, 2.45) is 0 Å². The zero-order valence-electron chi connectivity index (χ0n) is 6.40. The van der Waals surface area contributed by atoms with Gasteiger partial charge in [0.25, 0.3) is 0 Å². The van der Waals surface area contributed by atoms with Crippen LogP contribution in [0.1, 0.15) is 5.56 Å². The van der Waals surface area contributed by atoms with E-state index in [0.717, 1.165) is 5.56 Å². The van der Waals surface area contributed by atoms with E-state index in [-0.39, 0.29) is 0 Å². The van der Waals surface area contributed by atoms with Crippen molar-refractivity contribution in [1.82, 2.24) is 9.97 Å². The van der Waals surface area contributed by atoms with E-state index in [1.54, 1.807) is 12.4 Å². The molecule has 0 bridgehead atoms. The number of rotatable bonds is 1. The first-order valence-electron chi connectivity index (χ1n) is 3.62. The molecular weight excluding hydrogens is 154 g/mol. The third kappa shape index (κ3) is 0.874. The standard InChI is InChI=1S/C8H7N3O/c9-3-8(4-12-5-8)7-1-10-6-11-2-7/h1-2,6H,4-5H2. The van der Waals surface area contributed by atoms with Crippen molar-refractivity contribution < 1.29 is 4.74 Å². The van der Waals surface area contributed by atoms with Gasteiger partial charge in [0.1, 0.15) is 11.7 Å². The van der Waals surface area contributed by atoms with Crippen molar-refractivity contribution in [2.45, 2.75) is 5.41 Å². The first kappa shape index (κ1) is 7.19. The lowest BCUT2D eigenvalue weighted by Crippen LogP contribution is -2.45. The minimum atomic E-state index is -0.485. The fraction of sp³-hybridized carbons (Fsp3) is 0.375. The Kier molecular flexibility index (Phi) is 1.52. The molecule has 1 aliphatic heterocycles. The molecule has 0 aromatic carbocycles. The topological polar surface area (TPSA) is 58.8 Å². The molecule has 12 heavy (non-hydrogen) atoms. The second-order valence-electron chi connectivity index (χ2n) is 2.81. The molecule has 2 heterocycles. The molecule has 60 valence electrons. The average Bonchev–Trinajstić information content (AvgIpc) is 2.05. The number of hydrogen-bond donors (Lipinski definition) is 0. The summed E-state index contributed by atoms with van der Waals surface area (Å²) in [6.07, 6.45) is 4.78. The maximum absolute atomic E-state index is 8.90. The van der Waals surface area contributed by atoms with Gasteiger partial charge in [-0.3, -0.25) is 0 Å². The van der Waals surface area contributed by atoms with E-state index >= 15 is 0 Å². The second-order valence-corrected chi connectivity index (χ2v) is 2.81. The number of nitrogens with zero attached hydrogens (tertiary/aromatic N) is 3. The molecule has 4 nitrogen and oxygen atoms in total. The number of nitriles is 1. The van der Waals surface area contributed by atoms with Gasteiger partial charge in [-0.25, -0.2) is 9.97 Å². The van der Waals surface area contributed by atoms with Crippen LogP contribution in [0.5, 0.6) is 0 Å². The molecule has 0 saturated carbocycles. The summed E-state index contributed by atoms with van der Waals surface area (Å²) < 4.78 is 5.01. The molecule has 1 aliphatic rings. The van der Waals surface area contributed by atoms with Crippen LogP contribution in [0.25, 0.3) is 0 Å². The van der Waals surface area contributed by atoms with Crippen molar-refractivity contribution in [1.29, 1.82) is 5.26 Å². The number of ether oxygens (including phenoxy) is 1. The third-order valence-corrected chi connectivity index (χ3v) is 2.02. The van der Waals surface area contributed by atoms with Crippen LogP contribution < -0.4 is 0 Å². The lowest BCUT2D eigenvalue weighted by Gasteiger charge is -2.34. The molecule has 1 saturated heterocycles. The highest BCUT2D eigenvalue weighted by atomic mass is 16.5. The van der Waals surface area contributed by atoms with Crippen LogP contribution in [0.15, 0.2) is 18.7 Å². The summed E-state index contributed by atoms with van der Waals surface area (Å²) in [6, 6.07) is 2.23. The molecule has 0 N–H and O–H groups in total. The van der Waals surface area contributed by atoms with Gasteiger partial charge in [-0.05, 0) is 0 Å². The maximum Gasteiger partial charge on any atom is 0.132 e. The van der Waals surface area contributed by atoms with Gasteiger partial charge in [-0.1, -0.05) is 0 Å². The number of hydrogen-bond acceptors (Lipinski definition) is 4. The van der Waals surface area contributed by atoms with Gasteiger partial charge in [0.05, 0.1) is 19.3 Å². The maximum atomic E-state index is 8.90. The number of aromatic nitrogens is 2. The van der Waals surface area contributed by atoms with Gasteiger partial charge >= 0.3 is 0 Å². The molecule has 0 aliphatic carbocycles. The largest absolute Gasteiger partial charge is 0.377 e. The highest BCUT2D eigenvalue weighted by Crippen LogP contribution is 2.30. The van der Waals surface area contributed by atoms with E-state index in [4.69, 9.17) is 10.00 Å². The molecule has 0 unspecified atom stereocenters. The zero-order valence-corrected chi connectivity index (χ0v) is 6.40. The highest BCUT2D eigenvalue weighted by molar-refractivity contribution is 5.31. The van der Waals surface area contributed by atoms with E-state index in [0.29, 0.717) is 13.2 Å².